The van der Waals surface area contributed by atoms with Gasteiger partial charge in [-0.25, -0.2) is 0 Å². The van der Waals surface area contributed by atoms with Gasteiger partial charge in [-0.2, -0.15) is 0 Å². The maximum Gasteiger partial charge on any atom is 0.573 e. The summed E-state index contributed by atoms with van der Waals surface area (Å²) in [6, 6.07) is 5.88. The normalized spacial score (nSPS) is 19.7. The third-order valence-corrected chi connectivity index (χ3v) is 4.45. The molecule has 1 aliphatic rings. The molecule has 24 heavy (non-hydrogen) atoms. The highest BCUT2D eigenvalue weighted by molar-refractivity contribution is 6.65. The van der Waals surface area contributed by atoms with Gasteiger partial charge in [0.15, 0.2) is 0 Å². The van der Waals surface area contributed by atoms with Gasteiger partial charge in [0.25, 0.3) is 0 Å². The number of ether oxygens (including phenoxy) is 1. The lowest BCUT2D eigenvalue weighted by molar-refractivity contribution is -0.274. The molecule has 0 unspecified atom stereocenters. The molecule has 0 radical (unpaired) electrons. The zero-order valence-corrected chi connectivity index (χ0v) is 13.8. The number of hydrogen-bond donors (Lipinski definition) is 0. The number of hydrogen-bond acceptors (Lipinski definition) is 4. The van der Waals surface area contributed by atoms with Crippen LogP contribution in [0.3, 0.4) is 0 Å². The zero-order valence-electron chi connectivity index (χ0n) is 13.8. The van der Waals surface area contributed by atoms with Crippen molar-refractivity contribution in [2.45, 2.75) is 45.3 Å². The van der Waals surface area contributed by atoms with Crippen molar-refractivity contribution in [3.63, 3.8) is 0 Å². The Morgan fingerprint density at radius 3 is 2.29 bits per heavy atom. The van der Waals surface area contributed by atoms with Crippen molar-refractivity contribution in [1.29, 1.82) is 0 Å². The first-order valence-corrected chi connectivity index (χ1v) is 7.49. The fraction of sp³-hybridized carbons (Fsp3) is 0.438. The molecule has 0 aliphatic carbocycles. The quantitative estimate of drug-likeness (QED) is 0.786. The number of fused-ring (bicyclic) bond motifs is 1. The molecule has 1 saturated heterocycles. The van der Waals surface area contributed by atoms with E-state index >= 15 is 0 Å². The lowest BCUT2D eigenvalue weighted by Crippen LogP contribution is -2.41. The summed E-state index contributed by atoms with van der Waals surface area (Å²) < 4.78 is 53.8. The Morgan fingerprint density at radius 2 is 1.71 bits per heavy atom. The van der Waals surface area contributed by atoms with E-state index in [1.807, 2.05) is 27.7 Å². The van der Waals surface area contributed by atoms with Crippen molar-refractivity contribution in [3.8, 4) is 5.75 Å². The van der Waals surface area contributed by atoms with Gasteiger partial charge in [0, 0.05) is 17.0 Å². The van der Waals surface area contributed by atoms with Gasteiger partial charge >= 0.3 is 13.5 Å². The second kappa shape index (κ2) is 5.36. The Hall–Kier alpha value is -1.80. The summed E-state index contributed by atoms with van der Waals surface area (Å²) >= 11 is 0. The Balaban J connectivity index is 2.10. The third-order valence-electron chi connectivity index (χ3n) is 4.45. The van der Waals surface area contributed by atoms with Crippen LogP contribution in [0, 0.1) is 0 Å². The van der Waals surface area contributed by atoms with E-state index in [2.05, 4.69) is 9.72 Å². The van der Waals surface area contributed by atoms with Crippen LogP contribution in [-0.4, -0.2) is 29.7 Å². The lowest BCUT2D eigenvalue weighted by Gasteiger charge is -2.32. The smallest absolute Gasteiger partial charge is 0.406 e. The van der Waals surface area contributed by atoms with Crippen molar-refractivity contribution in [2.24, 2.45) is 0 Å². The van der Waals surface area contributed by atoms with Crippen LogP contribution in [0.25, 0.3) is 10.9 Å². The molecular formula is C16H17BF3NO3. The van der Waals surface area contributed by atoms with Crippen LogP contribution < -0.4 is 10.2 Å². The highest BCUT2D eigenvalue weighted by Crippen LogP contribution is 2.37. The topological polar surface area (TPSA) is 40.6 Å². The Bertz CT molecular complexity index is 761. The highest BCUT2D eigenvalue weighted by atomic mass is 19.4. The Labute approximate surface area is 138 Å². The third kappa shape index (κ3) is 3.08. The molecule has 4 nitrogen and oxygen atoms in total. The molecular weight excluding hydrogens is 322 g/mol. The molecule has 1 aromatic heterocycles. The molecule has 128 valence electrons. The Morgan fingerprint density at radius 1 is 1.08 bits per heavy atom. The number of rotatable bonds is 2. The van der Waals surface area contributed by atoms with Gasteiger partial charge in [0.2, 0.25) is 0 Å². The van der Waals surface area contributed by atoms with Crippen LogP contribution in [0.15, 0.2) is 30.5 Å². The van der Waals surface area contributed by atoms with Crippen molar-refractivity contribution in [1.82, 2.24) is 4.98 Å². The second-order valence-electron chi connectivity index (χ2n) is 6.72. The highest BCUT2D eigenvalue weighted by Gasteiger charge is 2.52. The molecule has 8 heteroatoms. The molecule has 1 fully saturated rings. The first-order valence-electron chi connectivity index (χ1n) is 7.49. The zero-order chi connectivity index (χ0) is 17.8. The summed E-state index contributed by atoms with van der Waals surface area (Å²) in [4.78, 5) is 4.26. The van der Waals surface area contributed by atoms with Gasteiger partial charge < -0.3 is 14.0 Å². The molecule has 0 spiro atoms. The van der Waals surface area contributed by atoms with Gasteiger partial charge in [-0.15, -0.1) is 13.2 Å². The summed E-state index contributed by atoms with van der Waals surface area (Å²) in [6.45, 7) is 7.49. The minimum Gasteiger partial charge on any atom is -0.406 e. The molecule has 0 saturated carbocycles. The first kappa shape index (κ1) is 17.0. The van der Waals surface area contributed by atoms with E-state index in [9.17, 15) is 13.2 Å². The molecule has 1 aliphatic heterocycles. The van der Waals surface area contributed by atoms with Crippen molar-refractivity contribution < 1.29 is 27.2 Å². The van der Waals surface area contributed by atoms with E-state index in [1.165, 1.54) is 12.1 Å². The molecule has 0 atom stereocenters. The minimum absolute atomic E-state index is 0.326. The number of benzene rings is 1. The summed E-state index contributed by atoms with van der Waals surface area (Å²) in [7, 11) is -0.829. The molecule has 3 rings (SSSR count). The van der Waals surface area contributed by atoms with E-state index in [4.69, 9.17) is 9.31 Å². The van der Waals surface area contributed by atoms with E-state index < -0.39 is 24.7 Å². The van der Waals surface area contributed by atoms with Crippen LogP contribution in [0.2, 0.25) is 0 Å². The first-order chi connectivity index (χ1) is 11.0. The average molecular weight is 339 g/mol. The van der Waals surface area contributed by atoms with Gasteiger partial charge in [0.05, 0.1) is 16.7 Å². The summed E-state index contributed by atoms with van der Waals surface area (Å²) in [5.41, 5.74) is -0.296. The van der Waals surface area contributed by atoms with Gasteiger partial charge in [-0.3, -0.25) is 4.98 Å². The van der Waals surface area contributed by atoms with Gasteiger partial charge in [-0.05, 0) is 45.9 Å². The summed E-state index contributed by atoms with van der Waals surface area (Å²) in [6.07, 6.45) is -3.20. The second-order valence-corrected chi connectivity index (χ2v) is 6.72. The van der Waals surface area contributed by atoms with Crippen LogP contribution in [-0.2, 0) is 9.31 Å². The number of alkyl halides is 3. The van der Waals surface area contributed by atoms with E-state index in [0.717, 1.165) is 0 Å². The summed E-state index contributed by atoms with van der Waals surface area (Å²) in [5.74, 6) is -0.326. The molecule has 0 bridgehead atoms. The van der Waals surface area contributed by atoms with E-state index in [-0.39, 0.29) is 5.75 Å². The van der Waals surface area contributed by atoms with Crippen molar-refractivity contribution in [3.05, 3.63) is 30.5 Å². The van der Waals surface area contributed by atoms with Crippen LogP contribution in [0.4, 0.5) is 13.2 Å². The molecule has 0 N–H and O–H groups in total. The fourth-order valence-corrected chi connectivity index (χ4v) is 2.53. The average Bonchev–Trinajstić information content (AvgIpc) is 2.64. The number of halogens is 3. The number of nitrogens with zero attached hydrogens (tertiary/aromatic N) is 1. The van der Waals surface area contributed by atoms with Gasteiger partial charge in [-0.1, -0.05) is 6.07 Å². The lowest BCUT2D eigenvalue weighted by atomic mass is 9.77. The maximum atomic E-state index is 12.6. The van der Waals surface area contributed by atoms with Crippen molar-refractivity contribution in [2.75, 3.05) is 0 Å². The monoisotopic (exact) mass is 339 g/mol. The number of pyridine rings is 1. The fourth-order valence-electron chi connectivity index (χ4n) is 2.53. The standard InChI is InChI=1S/C16H17BF3NO3/c1-14(2)15(3,4)24-17(23-14)12-9-11(22-16(18,19)20)8-10-6-5-7-21-13(10)12/h5-9H,1-4H3. The predicted molar refractivity (Wildman–Crippen MR) is 84.1 cm³/mol. The molecule has 2 heterocycles. The van der Waals surface area contributed by atoms with Crippen LogP contribution in [0.5, 0.6) is 5.75 Å². The SMILES string of the molecule is CC1(C)OB(c2cc(OC(F)(F)F)cc3cccnc23)OC1(C)C. The van der Waals surface area contributed by atoms with Crippen molar-refractivity contribution >= 4 is 23.5 Å². The van der Waals surface area contributed by atoms with Gasteiger partial charge in [0.1, 0.15) is 5.75 Å². The summed E-state index contributed by atoms with van der Waals surface area (Å²) in [5, 5.41) is 0.518. The predicted octanol–water partition coefficient (Wildman–Crippen LogP) is 3.43. The molecule has 2 aromatic rings. The molecule has 1 aromatic carbocycles. The molecule has 0 amide bonds. The van der Waals surface area contributed by atoms with Crippen LogP contribution >= 0.6 is 0 Å². The van der Waals surface area contributed by atoms with E-state index in [0.29, 0.717) is 16.4 Å². The van der Waals surface area contributed by atoms with Crippen LogP contribution in [0.1, 0.15) is 27.7 Å². The largest absolute Gasteiger partial charge is 0.573 e. The maximum absolute atomic E-state index is 12.6. The minimum atomic E-state index is -4.77. The Kier molecular flexibility index (Phi) is 3.80. The van der Waals surface area contributed by atoms with E-state index in [1.54, 1.807) is 18.3 Å². The number of aromatic nitrogens is 1.